The molecular formula is C20H17F3N2O3S. The molecule has 0 saturated carbocycles. The Morgan fingerprint density at radius 3 is 2.41 bits per heavy atom. The van der Waals surface area contributed by atoms with E-state index < -0.39 is 29.7 Å². The predicted molar refractivity (Wildman–Crippen MR) is 103 cm³/mol. The Morgan fingerprint density at radius 1 is 1.14 bits per heavy atom. The van der Waals surface area contributed by atoms with Crippen LogP contribution in [0.2, 0.25) is 0 Å². The zero-order valence-electron chi connectivity index (χ0n) is 15.7. The molecule has 1 heterocycles. The molecule has 0 aliphatic heterocycles. The van der Waals surface area contributed by atoms with Crippen LogP contribution in [0.5, 0.6) is 0 Å². The van der Waals surface area contributed by atoms with Gasteiger partial charge in [0.05, 0.1) is 15.8 Å². The summed E-state index contributed by atoms with van der Waals surface area (Å²) in [7, 11) is 0. The van der Waals surface area contributed by atoms with Gasteiger partial charge >= 0.3 is 12.1 Å². The van der Waals surface area contributed by atoms with E-state index in [0.29, 0.717) is 5.52 Å². The molecule has 1 N–H and O–H groups in total. The second-order valence-corrected chi connectivity index (χ2v) is 7.68. The molecule has 1 aromatic heterocycles. The number of carbonyl (C=O) groups excluding carboxylic acids is 1. The quantitative estimate of drug-likeness (QED) is 0.664. The van der Waals surface area contributed by atoms with E-state index in [4.69, 9.17) is 0 Å². The number of halogens is 3. The molecule has 1 atom stereocenters. The molecule has 0 aliphatic carbocycles. The number of aliphatic carboxylic acids is 1. The Hall–Kier alpha value is -2.94. The van der Waals surface area contributed by atoms with Crippen LogP contribution in [0.15, 0.2) is 41.4 Å². The Kier molecular flexibility index (Phi) is 5.36. The monoisotopic (exact) mass is 422 g/mol. The van der Waals surface area contributed by atoms with Crippen LogP contribution in [0, 0.1) is 13.8 Å². The predicted octanol–water partition coefficient (Wildman–Crippen LogP) is 4.73. The first kappa shape index (κ1) is 20.8. The van der Waals surface area contributed by atoms with Crippen LogP contribution in [-0.2, 0) is 11.0 Å². The summed E-state index contributed by atoms with van der Waals surface area (Å²) < 4.78 is 40.9. The van der Waals surface area contributed by atoms with Gasteiger partial charge in [0.15, 0.2) is 4.80 Å². The van der Waals surface area contributed by atoms with Gasteiger partial charge < -0.3 is 9.67 Å². The smallest absolute Gasteiger partial charge is 0.416 e. The van der Waals surface area contributed by atoms with E-state index in [9.17, 15) is 27.9 Å². The van der Waals surface area contributed by atoms with Crippen LogP contribution >= 0.6 is 11.3 Å². The van der Waals surface area contributed by atoms with Crippen LogP contribution < -0.4 is 4.80 Å². The van der Waals surface area contributed by atoms with Crippen LogP contribution in [0.1, 0.15) is 40.0 Å². The van der Waals surface area contributed by atoms with Gasteiger partial charge in [0, 0.05) is 5.56 Å². The number of aromatic nitrogens is 1. The van der Waals surface area contributed by atoms with Gasteiger partial charge in [0.1, 0.15) is 6.04 Å². The molecule has 0 saturated heterocycles. The maximum Gasteiger partial charge on any atom is 0.416 e. The van der Waals surface area contributed by atoms with E-state index >= 15 is 0 Å². The normalized spacial score (nSPS) is 13.7. The van der Waals surface area contributed by atoms with Gasteiger partial charge in [-0.05, 0) is 62.2 Å². The first-order valence-electron chi connectivity index (χ1n) is 8.60. The van der Waals surface area contributed by atoms with Crippen molar-refractivity contribution in [3.05, 3.63) is 63.5 Å². The van der Waals surface area contributed by atoms with E-state index in [2.05, 4.69) is 4.99 Å². The molecule has 0 bridgehead atoms. The minimum atomic E-state index is -4.58. The average Bonchev–Trinajstić information content (AvgIpc) is 2.97. The van der Waals surface area contributed by atoms with Crippen molar-refractivity contribution in [3.63, 3.8) is 0 Å². The number of fused-ring (bicyclic) bond motifs is 1. The fourth-order valence-corrected chi connectivity index (χ4v) is 4.01. The summed E-state index contributed by atoms with van der Waals surface area (Å²) in [5.41, 5.74) is 1.36. The Balaban J connectivity index is 2.21. The molecule has 0 spiro atoms. The number of carboxylic acids is 1. The summed E-state index contributed by atoms with van der Waals surface area (Å²) >= 11 is 1.12. The number of nitrogens with zero attached hydrogens (tertiary/aromatic N) is 2. The van der Waals surface area contributed by atoms with Crippen molar-refractivity contribution < 1.29 is 27.9 Å². The van der Waals surface area contributed by atoms with Crippen molar-refractivity contribution >= 4 is 33.4 Å². The second-order valence-electron chi connectivity index (χ2n) is 6.67. The first-order chi connectivity index (χ1) is 13.5. The third kappa shape index (κ3) is 4.09. The lowest BCUT2D eigenvalue weighted by Crippen LogP contribution is -2.25. The SMILES string of the molecule is Cc1cc2sc(=NC(=O)c3cccc(C(F)(F)F)c3)n(C(C)C(=O)O)c2cc1C. The Morgan fingerprint density at radius 2 is 1.79 bits per heavy atom. The van der Waals surface area contributed by atoms with Gasteiger partial charge in [-0.1, -0.05) is 17.4 Å². The number of thiazole rings is 1. The maximum absolute atomic E-state index is 12.9. The van der Waals surface area contributed by atoms with Crippen molar-refractivity contribution in [1.82, 2.24) is 4.57 Å². The van der Waals surface area contributed by atoms with Gasteiger partial charge in [-0.25, -0.2) is 4.79 Å². The van der Waals surface area contributed by atoms with Gasteiger partial charge in [-0.15, -0.1) is 0 Å². The highest BCUT2D eigenvalue weighted by molar-refractivity contribution is 7.16. The zero-order chi connectivity index (χ0) is 21.5. The molecule has 9 heteroatoms. The summed E-state index contributed by atoms with van der Waals surface area (Å²) in [6, 6.07) is 6.65. The largest absolute Gasteiger partial charge is 0.480 e. The van der Waals surface area contributed by atoms with Gasteiger partial charge in [0.25, 0.3) is 5.91 Å². The van der Waals surface area contributed by atoms with Crippen molar-refractivity contribution in [2.45, 2.75) is 33.0 Å². The van der Waals surface area contributed by atoms with Crippen LogP contribution in [0.4, 0.5) is 13.2 Å². The third-order valence-electron chi connectivity index (χ3n) is 4.62. The van der Waals surface area contributed by atoms with E-state index in [1.165, 1.54) is 17.6 Å². The molecule has 0 radical (unpaired) electrons. The number of alkyl halides is 3. The highest BCUT2D eigenvalue weighted by atomic mass is 32.1. The average molecular weight is 422 g/mol. The highest BCUT2D eigenvalue weighted by Gasteiger charge is 2.31. The summed E-state index contributed by atoms with van der Waals surface area (Å²) in [5, 5.41) is 9.47. The summed E-state index contributed by atoms with van der Waals surface area (Å²) in [6.07, 6.45) is -4.58. The minimum absolute atomic E-state index is 0.113. The molecule has 0 aliphatic rings. The molecule has 152 valence electrons. The lowest BCUT2D eigenvalue weighted by atomic mass is 10.1. The first-order valence-corrected chi connectivity index (χ1v) is 9.42. The Bertz CT molecular complexity index is 1190. The number of rotatable bonds is 3. The standard InChI is InChI=1S/C20H17F3N2O3S/c1-10-7-15-16(8-11(10)2)29-19(25(15)12(3)18(27)28)24-17(26)13-5-4-6-14(9-13)20(21,22)23/h4-9,12H,1-3H3,(H,27,28). The third-order valence-corrected chi connectivity index (χ3v) is 5.64. The number of hydrogen-bond donors (Lipinski definition) is 1. The number of carbonyl (C=O) groups is 2. The topological polar surface area (TPSA) is 71.7 Å². The van der Waals surface area contributed by atoms with Gasteiger partial charge in [0.2, 0.25) is 0 Å². The fourth-order valence-electron chi connectivity index (χ4n) is 2.84. The number of amides is 1. The van der Waals surface area contributed by atoms with Crippen LogP contribution in [0.25, 0.3) is 10.2 Å². The molecule has 3 rings (SSSR count). The van der Waals surface area contributed by atoms with Crippen LogP contribution in [0.3, 0.4) is 0 Å². The Labute approximate surface area is 167 Å². The molecule has 0 fully saturated rings. The van der Waals surface area contributed by atoms with E-state index in [1.807, 2.05) is 26.0 Å². The zero-order valence-corrected chi connectivity index (χ0v) is 16.6. The summed E-state index contributed by atoms with van der Waals surface area (Å²) in [5.74, 6) is -1.99. The molecule has 3 aromatic rings. The number of carboxylic acid groups (broad SMARTS) is 1. The van der Waals surface area contributed by atoms with E-state index in [1.54, 1.807) is 0 Å². The fraction of sp³-hybridized carbons (Fsp3) is 0.250. The number of benzene rings is 2. The van der Waals surface area contributed by atoms with E-state index in [0.717, 1.165) is 45.4 Å². The number of aryl methyl sites for hydroxylation is 2. The lowest BCUT2D eigenvalue weighted by Gasteiger charge is -2.11. The van der Waals surface area contributed by atoms with Gasteiger partial charge in [-0.3, -0.25) is 4.79 Å². The summed E-state index contributed by atoms with van der Waals surface area (Å²) in [4.78, 5) is 28.2. The van der Waals surface area contributed by atoms with Crippen molar-refractivity contribution in [2.24, 2.45) is 4.99 Å². The molecule has 1 unspecified atom stereocenters. The lowest BCUT2D eigenvalue weighted by molar-refractivity contribution is -0.140. The molecular weight excluding hydrogens is 405 g/mol. The van der Waals surface area contributed by atoms with Crippen LogP contribution in [-0.4, -0.2) is 21.6 Å². The number of hydrogen-bond acceptors (Lipinski definition) is 3. The van der Waals surface area contributed by atoms with Crippen molar-refractivity contribution in [2.75, 3.05) is 0 Å². The second kappa shape index (κ2) is 7.47. The van der Waals surface area contributed by atoms with Gasteiger partial charge in [-0.2, -0.15) is 18.2 Å². The molecule has 2 aromatic carbocycles. The maximum atomic E-state index is 12.9. The highest BCUT2D eigenvalue weighted by Crippen LogP contribution is 2.30. The molecule has 5 nitrogen and oxygen atoms in total. The summed E-state index contributed by atoms with van der Waals surface area (Å²) in [6.45, 7) is 5.24. The minimum Gasteiger partial charge on any atom is -0.480 e. The molecule has 29 heavy (non-hydrogen) atoms. The van der Waals surface area contributed by atoms with E-state index in [-0.39, 0.29) is 10.4 Å². The van der Waals surface area contributed by atoms with Crippen molar-refractivity contribution in [1.29, 1.82) is 0 Å². The van der Waals surface area contributed by atoms with Crippen molar-refractivity contribution in [3.8, 4) is 0 Å². The molecule has 1 amide bonds.